The summed E-state index contributed by atoms with van der Waals surface area (Å²) < 4.78 is 7.31. The number of benzene rings is 1. The second kappa shape index (κ2) is 6.24. The van der Waals surface area contributed by atoms with Gasteiger partial charge in [0, 0.05) is 18.7 Å². The molecule has 122 valence electrons. The Morgan fingerprint density at radius 2 is 1.91 bits per heavy atom. The molecule has 23 heavy (non-hydrogen) atoms. The minimum atomic E-state index is 0.874. The Morgan fingerprint density at radius 3 is 2.65 bits per heavy atom. The van der Waals surface area contributed by atoms with Gasteiger partial charge >= 0.3 is 0 Å². The first kappa shape index (κ1) is 14.6. The molecule has 3 heterocycles. The van der Waals surface area contributed by atoms with Gasteiger partial charge in [-0.15, -0.1) is 0 Å². The maximum atomic E-state index is 5.25. The third-order valence-electron chi connectivity index (χ3n) is 4.87. The summed E-state index contributed by atoms with van der Waals surface area (Å²) in [4.78, 5) is 2.54. The molecule has 0 aliphatic carbocycles. The van der Waals surface area contributed by atoms with Gasteiger partial charge in [0.2, 0.25) is 0 Å². The first-order valence-corrected chi connectivity index (χ1v) is 8.56. The average molecular weight is 312 g/mol. The molecule has 4 rings (SSSR count). The summed E-state index contributed by atoms with van der Waals surface area (Å²) in [6.07, 6.45) is 5.09. The number of nitrogens with zero attached hydrogens (tertiary/aromatic N) is 3. The van der Waals surface area contributed by atoms with Gasteiger partial charge < -0.3 is 10.1 Å². The van der Waals surface area contributed by atoms with E-state index in [1.54, 1.807) is 7.11 Å². The van der Waals surface area contributed by atoms with E-state index >= 15 is 0 Å². The number of likely N-dealkylation sites (tertiary alicyclic amines) is 1. The van der Waals surface area contributed by atoms with Crippen LogP contribution in [0.3, 0.4) is 0 Å². The molecule has 5 nitrogen and oxygen atoms in total. The van der Waals surface area contributed by atoms with Crippen molar-refractivity contribution in [3.8, 4) is 11.4 Å². The third-order valence-corrected chi connectivity index (χ3v) is 4.87. The molecule has 1 aromatic carbocycles. The zero-order chi connectivity index (χ0) is 15.6. The van der Waals surface area contributed by atoms with Gasteiger partial charge in [-0.2, -0.15) is 5.10 Å². The molecule has 1 aromatic heterocycles. The highest BCUT2D eigenvalue weighted by Crippen LogP contribution is 2.30. The molecule has 0 amide bonds. The standard InChI is InChI=1S/C18H24N4O/c1-23-15-7-5-14(6-8-15)22-18-16(9-10-19-18)17(20-22)13-21-11-3-2-4-12-21/h5-8,19H,2-4,9-13H2,1H3. The van der Waals surface area contributed by atoms with Crippen molar-refractivity contribution in [3.63, 3.8) is 0 Å². The van der Waals surface area contributed by atoms with Gasteiger partial charge in [-0.1, -0.05) is 6.42 Å². The number of rotatable bonds is 4. The molecule has 1 N–H and O–H groups in total. The van der Waals surface area contributed by atoms with Gasteiger partial charge in [-0.25, -0.2) is 4.68 Å². The Morgan fingerprint density at radius 1 is 1.13 bits per heavy atom. The molecular formula is C18H24N4O. The van der Waals surface area contributed by atoms with Crippen molar-refractivity contribution in [2.75, 3.05) is 32.1 Å². The van der Waals surface area contributed by atoms with Crippen molar-refractivity contribution in [2.24, 2.45) is 0 Å². The number of methoxy groups -OCH3 is 1. The third kappa shape index (κ3) is 2.81. The van der Waals surface area contributed by atoms with Gasteiger partial charge in [0.15, 0.2) is 0 Å². The van der Waals surface area contributed by atoms with Gasteiger partial charge in [0.05, 0.1) is 18.5 Å². The Hall–Kier alpha value is -2.01. The average Bonchev–Trinajstić information content (AvgIpc) is 3.20. The second-order valence-corrected chi connectivity index (χ2v) is 6.40. The first-order chi connectivity index (χ1) is 11.3. The summed E-state index contributed by atoms with van der Waals surface area (Å²) in [6.45, 7) is 4.40. The van der Waals surface area contributed by atoms with Gasteiger partial charge in [-0.05, 0) is 56.6 Å². The molecule has 0 radical (unpaired) electrons. The molecule has 0 atom stereocenters. The highest BCUT2D eigenvalue weighted by Gasteiger charge is 2.24. The minimum Gasteiger partial charge on any atom is -0.497 e. The number of piperidine rings is 1. The van der Waals surface area contributed by atoms with E-state index in [-0.39, 0.29) is 0 Å². The molecule has 0 unspecified atom stereocenters. The summed E-state index contributed by atoms with van der Waals surface area (Å²) in [5, 5.41) is 8.43. The maximum Gasteiger partial charge on any atom is 0.133 e. The largest absolute Gasteiger partial charge is 0.497 e. The van der Waals surface area contributed by atoms with E-state index in [4.69, 9.17) is 9.84 Å². The minimum absolute atomic E-state index is 0.874. The Labute approximate surface area is 137 Å². The number of hydrogen-bond acceptors (Lipinski definition) is 4. The summed E-state index contributed by atoms with van der Waals surface area (Å²) in [5.41, 5.74) is 3.72. The van der Waals surface area contributed by atoms with Crippen molar-refractivity contribution in [1.29, 1.82) is 0 Å². The Bertz CT molecular complexity index is 671. The molecule has 2 aliphatic rings. The van der Waals surface area contributed by atoms with Crippen LogP contribution < -0.4 is 10.1 Å². The van der Waals surface area contributed by atoms with E-state index in [0.717, 1.165) is 30.9 Å². The quantitative estimate of drug-likeness (QED) is 0.943. The van der Waals surface area contributed by atoms with Crippen LogP contribution in [0.2, 0.25) is 0 Å². The topological polar surface area (TPSA) is 42.3 Å². The first-order valence-electron chi connectivity index (χ1n) is 8.56. The van der Waals surface area contributed by atoms with Crippen LogP contribution >= 0.6 is 0 Å². The van der Waals surface area contributed by atoms with Crippen LogP contribution in [0.15, 0.2) is 24.3 Å². The van der Waals surface area contributed by atoms with Gasteiger partial charge in [0.1, 0.15) is 11.6 Å². The van der Waals surface area contributed by atoms with Crippen molar-refractivity contribution < 1.29 is 4.74 Å². The lowest BCUT2D eigenvalue weighted by Gasteiger charge is -2.25. The summed E-state index contributed by atoms with van der Waals surface area (Å²) >= 11 is 0. The van der Waals surface area contributed by atoms with E-state index in [2.05, 4.69) is 27.0 Å². The SMILES string of the molecule is COc1ccc(-n2nc(CN3CCCCC3)c3c2NCC3)cc1. The van der Waals surface area contributed by atoms with Crippen LogP contribution in [0.5, 0.6) is 5.75 Å². The normalized spacial score (nSPS) is 17.8. The van der Waals surface area contributed by atoms with Crippen LogP contribution in [0.4, 0.5) is 5.82 Å². The van der Waals surface area contributed by atoms with Crippen LogP contribution in [0.25, 0.3) is 5.69 Å². The van der Waals surface area contributed by atoms with E-state index in [1.165, 1.54) is 49.4 Å². The molecule has 1 saturated heterocycles. The number of hydrogen-bond donors (Lipinski definition) is 1. The molecule has 2 aromatic rings. The predicted octanol–water partition coefficient (Wildman–Crippen LogP) is 2.83. The number of fused-ring (bicyclic) bond motifs is 1. The molecule has 0 spiro atoms. The van der Waals surface area contributed by atoms with Crippen molar-refractivity contribution in [3.05, 3.63) is 35.5 Å². The van der Waals surface area contributed by atoms with E-state index < -0.39 is 0 Å². The van der Waals surface area contributed by atoms with Gasteiger partial charge in [0.25, 0.3) is 0 Å². The smallest absolute Gasteiger partial charge is 0.133 e. The summed E-state index contributed by atoms with van der Waals surface area (Å²) in [7, 11) is 1.69. The molecule has 1 fully saturated rings. The molecule has 2 aliphatic heterocycles. The van der Waals surface area contributed by atoms with Crippen molar-refractivity contribution in [1.82, 2.24) is 14.7 Å². The fourth-order valence-corrected chi connectivity index (χ4v) is 3.61. The van der Waals surface area contributed by atoms with Crippen LogP contribution in [0.1, 0.15) is 30.5 Å². The summed E-state index contributed by atoms with van der Waals surface area (Å²) in [5.74, 6) is 2.04. The van der Waals surface area contributed by atoms with Crippen LogP contribution in [-0.2, 0) is 13.0 Å². The van der Waals surface area contributed by atoms with Crippen LogP contribution in [-0.4, -0.2) is 41.4 Å². The molecule has 0 bridgehead atoms. The number of anilines is 1. The molecule has 0 saturated carbocycles. The van der Waals surface area contributed by atoms with Crippen molar-refractivity contribution in [2.45, 2.75) is 32.2 Å². The number of nitrogens with one attached hydrogen (secondary N) is 1. The number of ether oxygens (including phenoxy) is 1. The maximum absolute atomic E-state index is 5.25. The summed E-state index contributed by atoms with van der Waals surface area (Å²) in [6, 6.07) is 8.11. The lowest BCUT2D eigenvalue weighted by atomic mass is 10.1. The Balaban J connectivity index is 1.63. The fourth-order valence-electron chi connectivity index (χ4n) is 3.61. The van der Waals surface area contributed by atoms with E-state index in [0.29, 0.717) is 0 Å². The zero-order valence-corrected chi connectivity index (χ0v) is 13.7. The number of aromatic nitrogens is 2. The monoisotopic (exact) mass is 312 g/mol. The molecule has 5 heteroatoms. The highest BCUT2D eigenvalue weighted by atomic mass is 16.5. The van der Waals surface area contributed by atoms with E-state index in [9.17, 15) is 0 Å². The van der Waals surface area contributed by atoms with E-state index in [1.807, 2.05) is 12.1 Å². The van der Waals surface area contributed by atoms with Crippen LogP contribution in [0, 0.1) is 0 Å². The Kier molecular flexibility index (Phi) is 3.95. The zero-order valence-electron chi connectivity index (χ0n) is 13.7. The highest BCUT2D eigenvalue weighted by molar-refractivity contribution is 5.57. The lowest BCUT2D eigenvalue weighted by molar-refractivity contribution is 0.217. The second-order valence-electron chi connectivity index (χ2n) is 6.40. The van der Waals surface area contributed by atoms with Gasteiger partial charge in [-0.3, -0.25) is 4.90 Å². The lowest BCUT2D eigenvalue weighted by Crippen LogP contribution is -2.29. The fraction of sp³-hybridized carbons (Fsp3) is 0.500. The van der Waals surface area contributed by atoms with Crippen molar-refractivity contribution >= 4 is 5.82 Å². The predicted molar refractivity (Wildman–Crippen MR) is 91.4 cm³/mol. The molecular weight excluding hydrogens is 288 g/mol.